The largest absolute Gasteiger partial charge is 0.459 e. The van der Waals surface area contributed by atoms with Crippen LogP contribution in [0.3, 0.4) is 0 Å². The Hall–Kier alpha value is -4.63. The second-order valence-electron chi connectivity index (χ2n) is 11.7. The quantitative estimate of drug-likeness (QED) is 0.154. The third kappa shape index (κ3) is 9.25. The highest BCUT2D eigenvalue weighted by Gasteiger charge is 2.31. The summed E-state index contributed by atoms with van der Waals surface area (Å²) in [5.74, 6) is -4.36. The highest BCUT2D eigenvalue weighted by Crippen LogP contribution is 2.36. The van der Waals surface area contributed by atoms with Crippen molar-refractivity contribution < 1.29 is 47.7 Å². The summed E-state index contributed by atoms with van der Waals surface area (Å²) in [4.78, 5) is 82.7. The molecule has 3 heterocycles. The molecular formula is C33H39N3O10S2. The molecule has 0 bridgehead atoms. The Morgan fingerprint density at radius 2 is 0.875 bits per heavy atom. The minimum absolute atomic E-state index is 0.00710. The van der Waals surface area contributed by atoms with Crippen LogP contribution in [-0.2, 0) is 18.9 Å². The SMILES string of the molecule is Cc1c(C(=O)OC(C)C)sc(NC(=O)c2cccc(C(=O)Nc3sc(C(=O)OC(C)C)c(C)c3C(=O)OC(C)C)n2)c1C(=O)OC(C)C. The van der Waals surface area contributed by atoms with E-state index in [0.29, 0.717) is 0 Å². The third-order valence-electron chi connectivity index (χ3n) is 6.11. The second-order valence-corrected chi connectivity index (χ2v) is 13.7. The highest BCUT2D eigenvalue weighted by atomic mass is 32.1. The van der Waals surface area contributed by atoms with Gasteiger partial charge in [-0.15, -0.1) is 22.7 Å². The van der Waals surface area contributed by atoms with Crippen LogP contribution in [0, 0.1) is 13.8 Å². The molecule has 0 atom stereocenters. The zero-order valence-electron chi connectivity index (χ0n) is 28.4. The van der Waals surface area contributed by atoms with Crippen LogP contribution in [0.5, 0.6) is 0 Å². The summed E-state index contributed by atoms with van der Waals surface area (Å²) in [5.41, 5.74) is 0.168. The number of ether oxygens (including phenoxy) is 4. The molecule has 0 saturated heterocycles. The van der Waals surface area contributed by atoms with Crippen LogP contribution in [0.4, 0.5) is 10.0 Å². The third-order valence-corrected chi connectivity index (χ3v) is 8.49. The minimum atomic E-state index is -0.778. The van der Waals surface area contributed by atoms with Crippen molar-refractivity contribution >= 4 is 68.4 Å². The van der Waals surface area contributed by atoms with Crippen molar-refractivity contribution in [3.05, 3.63) is 61.6 Å². The van der Waals surface area contributed by atoms with Gasteiger partial charge in [0.05, 0.1) is 35.5 Å². The van der Waals surface area contributed by atoms with Crippen LogP contribution < -0.4 is 10.6 Å². The number of esters is 4. The van der Waals surface area contributed by atoms with Gasteiger partial charge >= 0.3 is 23.9 Å². The molecule has 0 spiro atoms. The number of hydrogen-bond acceptors (Lipinski definition) is 13. The average Bonchev–Trinajstić information content (AvgIpc) is 3.47. The number of thiophene rings is 2. The molecule has 3 aromatic rings. The fourth-order valence-electron chi connectivity index (χ4n) is 4.19. The summed E-state index contributed by atoms with van der Waals surface area (Å²) in [6.07, 6.45) is -1.78. The Morgan fingerprint density at radius 3 is 1.19 bits per heavy atom. The van der Waals surface area contributed by atoms with Gasteiger partial charge < -0.3 is 29.6 Å². The van der Waals surface area contributed by atoms with Crippen molar-refractivity contribution in [1.82, 2.24) is 4.98 Å². The first-order chi connectivity index (χ1) is 22.4. The zero-order chi connectivity index (χ0) is 36.0. The molecule has 2 N–H and O–H groups in total. The summed E-state index contributed by atoms with van der Waals surface area (Å²) in [7, 11) is 0. The Kier molecular flexibility index (Phi) is 12.6. The Labute approximate surface area is 286 Å². The van der Waals surface area contributed by atoms with Crippen LogP contribution in [0.1, 0.15) is 128 Å². The Balaban J connectivity index is 1.95. The van der Waals surface area contributed by atoms with Crippen LogP contribution in [0.25, 0.3) is 0 Å². The monoisotopic (exact) mass is 701 g/mol. The summed E-state index contributed by atoms with van der Waals surface area (Å²) in [5, 5.41) is 5.31. The molecule has 0 aliphatic heterocycles. The van der Waals surface area contributed by atoms with Crippen molar-refractivity contribution in [3.8, 4) is 0 Å². The molecule has 13 nitrogen and oxygen atoms in total. The number of pyridine rings is 1. The molecule has 48 heavy (non-hydrogen) atoms. The van der Waals surface area contributed by atoms with Crippen LogP contribution in [0.15, 0.2) is 18.2 Å². The molecule has 3 aromatic heterocycles. The first kappa shape index (κ1) is 37.8. The van der Waals surface area contributed by atoms with E-state index in [2.05, 4.69) is 15.6 Å². The zero-order valence-corrected chi connectivity index (χ0v) is 30.0. The van der Waals surface area contributed by atoms with Gasteiger partial charge in [-0.3, -0.25) is 9.59 Å². The topological polar surface area (TPSA) is 176 Å². The molecule has 3 rings (SSSR count). The van der Waals surface area contributed by atoms with E-state index >= 15 is 0 Å². The maximum atomic E-state index is 13.4. The van der Waals surface area contributed by atoms with E-state index in [-0.39, 0.29) is 53.4 Å². The lowest BCUT2D eigenvalue weighted by Gasteiger charge is -2.11. The van der Waals surface area contributed by atoms with Crippen molar-refractivity contribution in [2.75, 3.05) is 10.6 Å². The number of anilines is 2. The molecule has 2 amide bonds. The van der Waals surface area contributed by atoms with Crippen LogP contribution >= 0.6 is 22.7 Å². The van der Waals surface area contributed by atoms with E-state index < -0.39 is 60.1 Å². The first-order valence-corrected chi connectivity index (χ1v) is 16.7. The highest BCUT2D eigenvalue weighted by molar-refractivity contribution is 7.19. The van der Waals surface area contributed by atoms with Gasteiger partial charge in [-0.2, -0.15) is 0 Å². The molecule has 0 aliphatic carbocycles. The number of amides is 2. The minimum Gasteiger partial charge on any atom is -0.459 e. The molecule has 0 saturated carbocycles. The molecule has 258 valence electrons. The van der Waals surface area contributed by atoms with Crippen LogP contribution in [0.2, 0.25) is 0 Å². The van der Waals surface area contributed by atoms with Gasteiger partial charge in [0.15, 0.2) is 0 Å². The first-order valence-electron chi connectivity index (χ1n) is 15.1. The summed E-state index contributed by atoms with van der Waals surface area (Å²) in [6.45, 7) is 16.5. The van der Waals surface area contributed by atoms with E-state index in [9.17, 15) is 28.8 Å². The number of nitrogens with one attached hydrogen (secondary N) is 2. The molecule has 0 fully saturated rings. The average molecular weight is 702 g/mol. The number of nitrogens with zero attached hydrogens (tertiary/aromatic N) is 1. The van der Waals surface area contributed by atoms with Gasteiger partial charge in [-0.1, -0.05) is 6.07 Å². The maximum absolute atomic E-state index is 13.4. The second kappa shape index (κ2) is 16.0. The molecule has 0 aromatic carbocycles. The predicted molar refractivity (Wildman–Crippen MR) is 180 cm³/mol. The fraction of sp³-hybridized carbons (Fsp3) is 0.424. The number of carbonyl (C=O) groups excluding carboxylic acids is 6. The summed E-state index contributed by atoms with van der Waals surface area (Å²) in [6, 6.07) is 4.13. The standard InChI is InChI=1S/C33H39N3O10S2/c1-14(2)43-30(39)22-18(9)24(32(41)45-16(5)6)47-28(22)35-26(37)20-12-11-13-21(34-20)27(38)36-29-23(31(40)44-15(3)4)19(10)25(48-29)33(42)46-17(7)8/h11-17H,1-10H3,(H,35,37)(H,36,38). The van der Waals surface area contributed by atoms with E-state index in [4.69, 9.17) is 18.9 Å². The molecule has 15 heteroatoms. The molecule has 0 aliphatic rings. The van der Waals surface area contributed by atoms with Crippen molar-refractivity contribution in [2.24, 2.45) is 0 Å². The normalized spacial score (nSPS) is 11.1. The Morgan fingerprint density at radius 1 is 0.562 bits per heavy atom. The van der Waals surface area contributed by atoms with Crippen LogP contribution in [-0.4, -0.2) is 65.1 Å². The van der Waals surface area contributed by atoms with Gasteiger partial charge in [0.25, 0.3) is 11.8 Å². The van der Waals surface area contributed by atoms with Crippen molar-refractivity contribution in [1.29, 1.82) is 0 Å². The fourth-order valence-corrected chi connectivity index (χ4v) is 6.33. The smallest absolute Gasteiger partial charge is 0.348 e. The molecule has 0 unspecified atom stereocenters. The lowest BCUT2D eigenvalue weighted by Crippen LogP contribution is -2.20. The van der Waals surface area contributed by atoms with Gasteiger partial charge in [0.1, 0.15) is 31.1 Å². The summed E-state index contributed by atoms with van der Waals surface area (Å²) >= 11 is 1.70. The predicted octanol–water partition coefficient (Wildman–Crippen LogP) is 6.59. The summed E-state index contributed by atoms with van der Waals surface area (Å²) < 4.78 is 21.3. The van der Waals surface area contributed by atoms with Gasteiger partial charge in [0.2, 0.25) is 0 Å². The van der Waals surface area contributed by atoms with E-state index in [1.807, 2.05) is 0 Å². The maximum Gasteiger partial charge on any atom is 0.348 e. The molecule has 0 radical (unpaired) electrons. The molecular weight excluding hydrogens is 663 g/mol. The van der Waals surface area contributed by atoms with Gasteiger partial charge in [-0.05, 0) is 92.5 Å². The van der Waals surface area contributed by atoms with Crippen molar-refractivity contribution in [2.45, 2.75) is 93.7 Å². The van der Waals surface area contributed by atoms with Crippen molar-refractivity contribution in [3.63, 3.8) is 0 Å². The van der Waals surface area contributed by atoms with Gasteiger partial charge in [0, 0.05) is 0 Å². The lowest BCUT2D eigenvalue weighted by atomic mass is 10.1. The number of rotatable bonds is 12. The number of hydrogen-bond donors (Lipinski definition) is 2. The van der Waals surface area contributed by atoms with E-state index in [0.717, 1.165) is 22.7 Å². The van der Waals surface area contributed by atoms with E-state index in [1.165, 1.54) is 18.2 Å². The van der Waals surface area contributed by atoms with E-state index in [1.54, 1.807) is 69.2 Å². The van der Waals surface area contributed by atoms with Gasteiger partial charge in [-0.25, -0.2) is 24.2 Å². The number of carbonyl (C=O) groups is 6. The Bertz CT molecular complexity index is 1620. The number of aromatic nitrogens is 1. The lowest BCUT2D eigenvalue weighted by molar-refractivity contribution is 0.0360.